The quantitative estimate of drug-likeness (QED) is 0.567. The Hall–Kier alpha value is -1.59. The Morgan fingerprint density at radius 3 is 2.30 bits per heavy atom. The molecule has 2 aliphatic rings. The number of aromatic nitrogens is 1. The maximum atomic E-state index is 6.49. The average Bonchev–Trinajstić information content (AvgIpc) is 3.21. The summed E-state index contributed by atoms with van der Waals surface area (Å²) in [6.45, 7) is 0.759. The molecule has 0 aromatic carbocycles. The van der Waals surface area contributed by atoms with Crippen LogP contribution in [0.5, 0.6) is 0 Å². The first-order chi connectivity index (χ1) is 13.0. The molecule has 150 valence electrons. The first-order valence-corrected chi connectivity index (χ1v) is 10.7. The second-order valence-electron chi connectivity index (χ2n) is 8.58. The van der Waals surface area contributed by atoms with Gasteiger partial charge in [-0.2, -0.15) is 0 Å². The number of hydrazine groups is 1. The van der Waals surface area contributed by atoms with Gasteiger partial charge in [-0.05, 0) is 43.9 Å². The van der Waals surface area contributed by atoms with Crippen LogP contribution >= 0.6 is 0 Å². The molecule has 0 amide bonds. The smallest absolute Gasteiger partial charge is 0.0878 e. The van der Waals surface area contributed by atoms with Crippen molar-refractivity contribution in [2.45, 2.75) is 70.3 Å². The SMILES string of the molecule is CN(N)/C(CN(C)C1CCCC1)=C(\N)c1ccc(CC2CCCCC2)cn1. The lowest BCUT2D eigenvalue weighted by molar-refractivity contribution is 0.241. The lowest BCUT2D eigenvalue weighted by atomic mass is 9.85. The van der Waals surface area contributed by atoms with Crippen LogP contribution in [-0.2, 0) is 6.42 Å². The number of nitrogens with two attached hydrogens (primary N) is 2. The standard InChI is InChI=1S/C22H37N5/c1-26(19-10-6-7-11-19)16-21(27(2)24)22(23)20-13-12-18(15-25-20)14-17-8-4-3-5-9-17/h12-13,15,17,19H,3-11,14,16,23-24H2,1-2H3/b22-21-. The number of hydrogen-bond donors (Lipinski definition) is 2. The summed E-state index contributed by atoms with van der Waals surface area (Å²) >= 11 is 0. The number of rotatable bonds is 7. The third-order valence-electron chi connectivity index (χ3n) is 6.43. The molecule has 2 saturated carbocycles. The van der Waals surface area contributed by atoms with E-state index in [1.807, 2.05) is 13.2 Å². The van der Waals surface area contributed by atoms with Crippen molar-refractivity contribution in [3.8, 4) is 0 Å². The van der Waals surface area contributed by atoms with Crippen molar-refractivity contribution in [3.63, 3.8) is 0 Å². The van der Waals surface area contributed by atoms with Crippen molar-refractivity contribution < 1.29 is 0 Å². The van der Waals surface area contributed by atoms with Crippen LogP contribution in [0.4, 0.5) is 0 Å². The van der Waals surface area contributed by atoms with E-state index >= 15 is 0 Å². The summed E-state index contributed by atoms with van der Waals surface area (Å²) in [7, 11) is 4.04. The highest BCUT2D eigenvalue weighted by molar-refractivity contribution is 5.62. The Balaban J connectivity index is 1.68. The molecule has 2 aliphatic carbocycles. The zero-order chi connectivity index (χ0) is 19.2. The highest BCUT2D eigenvalue weighted by atomic mass is 15.4. The maximum Gasteiger partial charge on any atom is 0.0878 e. The lowest BCUT2D eigenvalue weighted by Crippen LogP contribution is -2.38. The van der Waals surface area contributed by atoms with E-state index in [2.05, 4.69) is 29.1 Å². The molecule has 4 N–H and O–H groups in total. The third kappa shape index (κ3) is 5.45. The summed E-state index contributed by atoms with van der Waals surface area (Å²) < 4.78 is 0. The van der Waals surface area contributed by atoms with E-state index in [1.165, 1.54) is 63.4 Å². The first-order valence-electron chi connectivity index (χ1n) is 10.7. The Morgan fingerprint density at radius 1 is 1.04 bits per heavy atom. The molecule has 0 spiro atoms. The zero-order valence-corrected chi connectivity index (χ0v) is 17.2. The van der Waals surface area contributed by atoms with Crippen LogP contribution in [0.2, 0.25) is 0 Å². The van der Waals surface area contributed by atoms with Gasteiger partial charge in [0.25, 0.3) is 0 Å². The van der Waals surface area contributed by atoms with Crippen LogP contribution in [0, 0.1) is 5.92 Å². The van der Waals surface area contributed by atoms with Crippen molar-refractivity contribution in [3.05, 3.63) is 35.3 Å². The number of nitrogens with zero attached hydrogens (tertiary/aromatic N) is 3. The van der Waals surface area contributed by atoms with Gasteiger partial charge in [-0.3, -0.25) is 9.88 Å². The highest BCUT2D eigenvalue weighted by Gasteiger charge is 2.22. The summed E-state index contributed by atoms with van der Waals surface area (Å²) in [5.41, 5.74) is 10.3. The minimum absolute atomic E-state index is 0.638. The average molecular weight is 372 g/mol. The number of hydrogen-bond acceptors (Lipinski definition) is 5. The van der Waals surface area contributed by atoms with Crippen molar-refractivity contribution in [1.29, 1.82) is 0 Å². The monoisotopic (exact) mass is 371 g/mol. The molecule has 0 radical (unpaired) electrons. The molecule has 1 aromatic rings. The van der Waals surface area contributed by atoms with Gasteiger partial charge >= 0.3 is 0 Å². The van der Waals surface area contributed by atoms with Crippen molar-refractivity contribution >= 4 is 5.70 Å². The summed E-state index contributed by atoms with van der Waals surface area (Å²) in [4.78, 5) is 7.05. The van der Waals surface area contributed by atoms with E-state index in [0.29, 0.717) is 11.7 Å². The van der Waals surface area contributed by atoms with Gasteiger partial charge < -0.3 is 10.7 Å². The van der Waals surface area contributed by atoms with Crippen molar-refractivity contribution in [1.82, 2.24) is 14.9 Å². The fourth-order valence-electron chi connectivity index (χ4n) is 4.67. The summed E-state index contributed by atoms with van der Waals surface area (Å²) in [6.07, 6.45) is 15.2. The predicted molar refractivity (Wildman–Crippen MR) is 112 cm³/mol. The fraction of sp³-hybridized carbons (Fsp3) is 0.682. The Morgan fingerprint density at radius 2 is 1.70 bits per heavy atom. The summed E-state index contributed by atoms with van der Waals surface area (Å²) in [6, 6.07) is 4.89. The molecule has 0 saturated heterocycles. The van der Waals surface area contributed by atoms with Crippen molar-refractivity contribution in [2.75, 3.05) is 20.6 Å². The van der Waals surface area contributed by atoms with Crippen LogP contribution in [0.15, 0.2) is 24.0 Å². The predicted octanol–water partition coefficient (Wildman–Crippen LogP) is 3.51. The molecule has 2 fully saturated rings. The molecule has 5 heteroatoms. The van der Waals surface area contributed by atoms with E-state index in [9.17, 15) is 0 Å². The number of likely N-dealkylation sites (N-methyl/N-ethyl adjacent to an activating group) is 2. The van der Waals surface area contributed by atoms with Gasteiger partial charge in [0.2, 0.25) is 0 Å². The zero-order valence-electron chi connectivity index (χ0n) is 17.2. The largest absolute Gasteiger partial charge is 0.395 e. The molecule has 0 aliphatic heterocycles. The Bertz CT molecular complexity index is 610. The van der Waals surface area contributed by atoms with Crippen LogP contribution < -0.4 is 11.6 Å². The van der Waals surface area contributed by atoms with E-state index in [-0.39, 0.29) is 0 Å². The normalized spacial score (nSPS) is 20.1. The third-order valence-corrected chi connectivity index (χ3v) is 6.43. The molecule has 1 heterocycles. The highest BCUT2D eigenvalue weighted by Crippen LogP contribution is 2.27. The second kappa shape index (κ2) is 9.56. The van der Waals surface area contributed by atoms with Crippen LogP contribution in [-0.4, -0.2) is 41.6 Å². The molecule has 0 atom stereocenters. The lowest BCUT2D eigenvalue weighted by Gasteiger charge is -2.29. The molecule has 3 rings (SSSR count). The maximum absolute atomic E-state index is 6.49. The second-order valence-corrected chi connectivity index (χ2v) is 8.58. The molecule has 1 aromatic heterocycles. The van der Waals surface area contributed by atoms with Crippen LogP contribution in [0.1, 0.15) is 69.0 Å². The van der Waals surface area contributed by atoms with Crippen LogP contribution in [0.3, 0.4) is 0 Å². The van der Waals surface area contributed by atoms with E-state index in [4.69, 9.17) is 11.6 Å². The topological polar surface area (TPSA) is 71.4 Å². The fourth-order valence-corrected chi connectivity index (χ4v) is 4.67. The minimum atomic E-state index is 0.638. The molecular weight excluding hydrogens is 334 g/mol. The van der Waals surface area contributed by atoms with E-state index in [1.54, 1.807) is 5.01 Å². The Kier molecular flexibility index (Phi) is 7.13. The van der Waals surface area contributed by atoms with Gasteiger partial charge in [-0.1, -0.05) is 51.0 Å². The Labute approximate surface area is 164 Å². The van der Waals surface area contributed by atoms with Gasteiger partial charge in [-0.15, -0.1) is 0 Å². The van der Waals surface area contributed by atoms with Crippen LogP contribution in [0.25, 0.3) is 5.70 Å². The van der Waals surface area contributed by atoms with Gasteiger partial charge in [0, 0.05) is 25.8 Å². The van der Waals surface area contributed by atoms with E-state index < -0.39 is 0 Å². The van der Waals surface area contributed by atoms with Crippen molar-refractivity contribution in [2.24, 2.45) is 17.5 Å². The van der Waals surface area contributed by atoms with Gasteiger partial charge in [0.05, 0.1) is 17.1 Å². The van der Waals surface area contributed by atoms with Gasteiger partial charge in [0.15, 0.2) is 0 Å². The van der Waals surface area contributed by atoms with E-state index in [0.717, 1.165) is 30.3 Å². The summed E-state index contributed by atoms with van der Waals surface area (Å²) in [5.74, 6) is 6.94. The molecule has 0 bridgehead atoms. The van der Waals surface area contributed by atoms with Gasteiger partial charge in [0.1, 0.15) is 0 Å². The molecule has 0 unspecified atom stereocenters. The summed E-state index contributed by atoms with van der Waals surface area (Å²) in [5, 5.41) is 1.65. The molecule has 5 nitrogen and oxygen atoms in total. The molecular formula is C22H37N5. The molecule has 27 heavy (non-hydrogen) atoms. The first kappa shape index (κ1) is 20.2. The van der Waals surface area contributed by atoms with Gasteiger partial charge in [-0.25, -0.2) is 5.84 Å². The minimum Gasteiger partial charge on any atom is -0.395 e. The number of pyridine rings is 1.